The highest BCUT2D eigenvalue weighted by Gasteiger charge is 2.21. The molecule has 0 spiro atoms. The molecule has 0 atom stereocenters. The van der Waals surface area contributed by atoms with Crippen molar-refractivity contribution in [2.75, 3.05) is 5.32 Å². The fraction of sp³-hybridized carbons (Fsp3) is 0.185. The zero-order chi connectivity index (χ0) is 23.2. The summed E-state index contributed by atoms with van der Waals surface area (Å²) in [4.78, 5) is 12.6. The fourth-order valence-corrected chi connectivity index (χ4v) is 3.58. The number of para-hydroxylation sites is 1. The van der Waals surface area contributed by atoms with E-state index in [1.165, 1.54) is 12.1 Å². The molecule has 0 bridgehead atoms. The van der Waals surface area contributed by atoms with Gasteiger partial charge in [-0.05, 0) is 68.3 Å². The number of nitrogens with zero attached hydrogens (tertiary/aromatic N) is 2. The van der Waals surface area contributed by atoms with Crippen molar-refractivity contribution in [2.24, 2.45) is 0 Å². The Labute approximate surface area is 192 Å². The molecule has 0 aliphatic carbocycles. The van der Waals surface area contributed by atoms with Crippen molar-refractivity contribution in [1.29, 1.82) is 0 Å². The quantitative estimate of drug-likeness (QED) is 0.350. The Morgan fingerprint density at radius 1 is 1.00 bits per heavy atom. The number of ether oxygens (including phenoxy) is 1. The van der Waals surface area contributed by atoms with E-state index in [0.717, 1.165) is 22.5 Å². The van der Waals surface area contributed by atoms with E-state index in [2.05, 4.69) is 5.32 Å². The SMILES string of the molecule is CCc1nn(-c2ccccc2)c(Oc2ccc(C)cc2)c1CCC(=O)Nc1ccc(F)cc1. The average Bonchev–Trinajstić information content (AvgIpc) is 3.18. The molecule has 4 aromatic rings. The lowest BCUT2D eigenvalue weighted by Gasteiger charge is -2.12. The summed E-state index contributed by atoms with van der Waals surface area (Å²) in [6, 6.07) is 23.4. The Balaban J connectivity index is 1.62. The topological polar surface area (TPSA) is 56.2 Å². The third-order valence-electron chi connectivity index (χ3n) is 5.32. The van der Waals surface area contributed by atoms with Gasteiger partial charge in [-0.15, -0.1) is 0 Å². The minimum Gasteiger partial charge on any atom is -0.439 e. The highest BCUT2D eigenvalue weighted by molar-refractivity contribution is 5.90. The molecule has 1 heterocycles. The maximum absolute atomic E-state index is 13.1. The zero-order valence-electron chi connectivity index (χ0n) is 18.7. The number of aryl methyl sites for hydroxylation is 2. The van der Waals surface area contributed by atoms with Crippen LogP contribution in [-0.2, 0) is 17.6 Å². The van der Waals surface area contributed by atoms with Crippen LogP contribution in [0.5, 0.6) is 11.6 Å². The second kappa shape index (κ2) is 10.1. The fourth-order valence-electron chi connectivity index (χ4n) is 3.58. The third-order valence-corrected chi connectivity index (χ3v) is 5.32. The van der Waals surface area contributed by atoms with E-state index in [-0.39, 0.29) is 18.1 Å². The Morgan fingerprint density at radius 3 is 2.36 bits per heavy atom. The Hall–Kier alpha value is -3.93. The van der Waals surface area contributed by atoms with E-state index in [1.54, 1.807) is 16.8 Å². The summed E-state index contributed by atoms with van der Waals surface area (Å²) in [6.45, 7) is 4.06. The van der Waals surface area contributed by atoms with Gasteiger partial charge in [-0.1, -0.05) is 42.8 Å². The number of hydrogen-bond donors (Lipinski definition) is 1. The largest absolute Gasteiger partial charge is 0.439 e. The number of nitrogens with one attached hydrogen (secondary N) is 1. The number of carbonyl (C=O) groups excluding carboxylic acids is 1. The second-order valence-corrected chi connectivity index (χ2v) is 7.80. The molecule has 168 valence electrons. The summed E-state index contributed by atoms with van der Waals surface area (Å²) in [5.41, 5.74) is 4.38. The number of aromatic nitrogens is 2. The number of benzene rings is 3. The van der Waals surface area contributed by atoms with Crippen molar-refractivity contribution in [3.05, 3.63) is 102 Å². The third kappa shape index (κ3) is 5.47. The Morgan fingerprint density at radius 2 is 1.70 bits per heavy atom. The molecule has 0 saturated carbocycles. The predicted octanol–water partition coefficient (Wildman–Crippen LogP) is 6.25. The summed E-state index contributed by atoms with van der Waals surface area (Å²) in [7, 11) is 0. The van der Waals surface area contributed by atoms with Crippen molar-refractivity contribution < 1.29 is 13.9 Å². The van der Waals surface area contributed by atoms with Gasteiger partial charge in [-0.3, -0.25) is 4.79 Å². The van der Waals surface area contributed by atoms with Crippen LogP contribution in [0.4, 0.5) is 10.1 Å². The van der Waals surface area contributed by atoms with Gasteiger partial charge in [0.2, 0.25) is 11.8 Å². The molecule has 1 aromatic heterocycles. The van der Waals surface area contributed by atoms with Crippen LogP contribution in [0.25, 0.3) is 5.69 Å². The number of anilines is 1. The molecule has 0 saturated heterocycles. The van der Waals surface area contributed by atoms with Crippen molar-refractivity contribution in [3.8, 4) is 17.3 Å². The molecule has 33 heavy (non-hydrogen) atoms. The van der Waals surface area contributed by atoms with Gasteiger partial charge in [0.1, 0.15) is 11.6 Å². The first-order valence-electron chi connectivity index (χ1n) is 11.0. The molecule has 0 radical (unpaired) electrons. The van der Waals surface area contributed by atoms with E-state index in [1.807, 2.05) is 68.4 Å². The van der Waals surface area contributed by atoms with Crippen LogP contribution >= 0.6 is 0 Å². The van der Waals surface area contributed by atoms with Gasteiger partial charge in [0.15, 0.2) is 0 Å². The molecule has 5 nitrogen and oxygen atoms in total. The normalized spacial score (nSPS) is 10.8. The van der Waals surface area contributed by atoms with Crippen LogP contribution < -0.4 is 10.1 Å². The smallest absolute Gasteiger partial charge is 0.226 e. The number of amides is 1. The molecule has 6 heteroatoms. The summed E-state index contributed by atoms with van der Waals surface area (Å²) >= 11 is 0. The van der Waals surface area contributed by atoms with Crippen LogP contribution in [0.3, 0.4) is 0 Å². The monoisotopic (exact) mass is 443 g/mol. The molecular formula is C27H26FN3O2. The second-order valence-electron chi connectivity index (χ2n) is 7.80. The van der Waals surface area contributed by atoms with Gasteiger partial charge in [0, 0.05) is 17.7 Å². The first-order chi connectivity index (χ1) is 16.0. The lowest BCUT2D eigenvalue weighted by Crippen LogP contribution is -2.12. The summed E-state index contributed by atoms with van der Waals surface area (Å²) in [6.07, 6.45) is 1.42. The highest BCUT2D eigenvalue weighted by Crippen LogP contribution is 2.32. The minimum absolute atomic E-state index is 0.155. The van der Waals surface area contributed by atoms with Crippen LogP contribution in [0.15, 0.2) is 78.9 Å². The lowest BCUT2D eigenvalue weighted by molar-refractivity contribution is -0.116. The molecule has 0 unspecified atom stereocenters. The van der Waals surface area contributed by atoms with Crippen LogP contribution in [0.1, 0.15) is 30.2 Å². The van der Waals surface area contributed by atoms with E-state index >= 15 is 0 Å². The van der Waals surface area contributed by atoms with E-state index < -0.39 is 0 Å². The van der Waals surface area contributed by atoms with Gasteiger partial charge < -0.3 is 10.1 Å². The molecule has 0 fully saturated rings. The van der Waals surface area contributed by atoms with Crippen LogP contribution in [0.2, 0.25) is 0 Å². The molecule has 0 aliphatic heterocycles. The van der Waals surface area contributed by atoms with Crippen molar-refractivity contribution in [2.45, 2.75) is 33.1 Å². The van der Waals surface area contributed by atoms with Gasteiger partial charge in [-0.25, -0.2) is 9.07 Å². The zero-order valence-corrected chi connectivity index (χ0v) is 18.7. The lowest BCUT2D eigenvalue weighted by atomic mass is 10.1. The summed E-state index contributed by atoms with van der Waals surface area (Å²) in [5, 5.41) is 7.62. The number of halogens is 1. The number of carbonyl (C=O) groups is 1. The standard InChI is InChI=1S/C27H26FN3O2/c1-3-25-24(17-18-26(32)29-21-13-11-20(28)12-14-21)27(33-23-15-9-19(2)10-16-23)31(30-25)22-7-5-4-6-8-22/h4-16H,3,17-18H2,1-2H3,(H,29,32). The maximum Gasteiger partial charge on any atom is 0.226 e. The van der Waals surface area contributed by atoms with Gasteiger partial charge in [-0.2, -0.15) is 5.10 Å². The summed E-state index contributed by atoms with van der Waals surface area (Å²) < 4.78 is 21.2. The van der Waals surface area contributed by atoms with Crippen molar-refractivity contribution in [1.82, 2.24) is 9.78 Å². The summed E-state index contributed by atoms with van der Waals surface area (Å²) in [5.74, 6) is 0.818. The van der Waals surface area contributed by atoms with E-state index in [0.29, 0.717) is 30.2 Å². The molecule has 1 amide bonds. The highest BCUT2D eigenvalue weighted by atomic mass is 19.1. The minimum atomic E-state index is -0.341. The first kappa shape index (κ1) is 22.3. The predicted molar refractivity (Wildman–Crippen MR) is 128 cm³/mol. The number of rotatable bonds is 8. The number of hydrogen-bond acceptors (Lipinski definition) is 3. The first-order valence-corrected chi connectivity index (χ1v) is 11.0. The average molecular weight is 444 g/mol. The van der Waals surface area contributed by atoms with E-state index in [9.17, 15) is 9.18 Å². The molecule has 4 rings (SSSR count). The Kier molecular flexibility index (Phi) is 6.83. The maximum atomic E-state index is 13.1. The van der Waals surface area contributed by atoms with Crippen LogP contribution in [0, 0.1) is 12.7 Å². The van der Waals surface area contributed by atoms with Gasteiger partial charge >= 0.3 is 0 Å². The molecule has 0 aliphatic rings. The van der Waals surface area contributed by atoms with Crippen molar-refractivity contribution >= 4 is 11.6 Å². The van der Waals surface area contributed by atoms with E-state index in [4.69, 9.17) is 9.84 Å². The van der Waals surface area contributed by atoms with Crippen LogP contribution in [-0.4, -0.2) is 15.7 Å². The molecular weight excluding hydrogens is 417 g/mol. The van der Waals surface area contributed by atoms with Gasteiger partial charge in [0.25, 0.3) is 0 Å². The van der Waals surface area contributed by atoms with Gasteiger partial charge in [0.05, 0.1) is 11.4 Å². The van der Waals surface area contributed by atoms with Crippen molar-refractivity contribution in [3.63, 3.8) is 0 Å². The molecule has 3 aromatic carbocycles. The Bertz CT molecular complexity index is 1220. The molecule has 1 N–H and O–H groups in total.